The lowest BCUT2D eigenvalue weighted by atomic mass is 10.2. The molecule has 1 N–H and O–H groups in total. The number of hydrogen-bond donors (Lipinski definition) is 1. The largest absolute Gasteiger partial charge is 0.372 e. The van der Waals surface area contributed by atoms with E-state index in [0.29, 0.717) is 0 Å². The van der Waals surface area contributed by atoms with Gasteiger partial charge in [-0.1, -0.05) is 12.8 Å². The minimum atomic E-state index is 0.822. The SMILES string of the molecule is Cc1nc(Nc2ccc(N3CCCC3)cc2)cc(N2CCCCCC2)n1. The second-order valence-electron chi connectivity index (χ2n) is 7.43. The van der Waals surface area contributed by atoms with Crippen LogP contribution < -0.4 is 15.1 Å². The summed E-state index contributed by atoms with van der Waals surface area (Å²) in [4.78, 5) is 14.1. The average molecular weight is 351 g/mol. The maximum Gasteiger partial charge on any atom is 0.136 e. The fraction of sp³-hybridized carbons (Fsp3) is 0.524. The van der Waals surface area contributed by atoms with Crippen LogP contribution in [0.5, 0.6) is 0 Å². The molecule has 2 aromatic rings. The molecule has 0 atom stereocenters. The molecule has 0 spiro atoms. The Kier molecular flexibility index (Phi) is 5.23. The summed E-state index contributed by atoms with van der Waals surface area (Å²) < 4.78 is 0. The van der Waals surface area contributed by atoms with Gasteiger partial charge >= 0.3 is 0 Å². The molecular formula is C21H29N5. The van der Waals surface area contributed by atoms with Gasteiger partial charge in [-0.05, 0) is 56.9 Å². The van der Waals surface area contributed by atoms with Gasteiger partial charge in [-0.3, -0.25) is 0 Å². The second kappa shape index (κ2) is 7.94. The molecule has 5 nitrogen and oxygen atoms in total. The van der Waals surface area contributed by atoms with E-state index < -0.39 is 0 Å². The van der Waals surface area contributed by atoms with Crippen molar-refractivity contribution in [1.29, 1.82) is 0 Å². The van der Waals surface area contributed by atoms with Crippen LogP contribution >= 0.6 is 0 Å². The summed E-state index contributed by atoms with van der Waals surface area (Å²) >= 11 is 0. The number of nitrogens with zero attached hydrogens (tertiary/aromatic N) is 4. The van der Waals surface area contributed by atoms with Gasteiger partial charge in [0.15, 0.2) is 0 Å². The van der Waals surface area contributed by atoms with Gasteiger partial charge < -0.3 is 15.1 Å². The van der Waals surface area contributed by atoms with Crippen molar-refractivity contribution < 1.29 is 0 Å². The Morgan fingerprint density at radius 3 is 2.08 bits per heavy atom. The van der Waals surface area contributed by atoms with Crippen LogP contribution in [-0.2, 0) is 0 Å². The van der Waals surface area contributed by atoms with Gasteiger partial charge in [0.2, 0.25) is 0 Å². The van der Waals surface area contributed by atoms with E-state index in [1.165, 1.54) is 57.3 Å². The van der Waals surface area contributed by atoms with Crippen LogP contribution in [-0.4, -0.2) is 36.1 Å². The molecule has 1 aromatic heterocycles. The number of aromatic nitrogens is 2. The standard InChI is InChI=1S/C21H29N5/c1-17-22-20(16-21(23-17)26-14-4-2-3-5-15-26)24-18-8-10-19(11-9-18)25-12-6-7-13-25/h8-11,16H,2-7,12-15H2,1H3,(H,22,23,24). The first-order chi connectivity index (χ1) is 12.8. The van der Waals surface area contributed by atoms with E-state index in [9.17, 15) is 0 Å². The van der Waals surface area contributed by atoms with Crippen molar-refractivity contribution in [1.82, 2.24) is 9.97 Å². The zero-order valence-electron chi connectivity index (χ0n) is 15.7. The number of rotatable bonds is 4. The monoisotopic (exact) mass is 351 g/mol. The molecule has 0 aliphatic carbocycles. The smallest absolute Gasteiger partial charge is 0.136 e. The summed E-state index contributed by atoms with van der Waals surface area (Å²) in [7, 11) is 0. The van der Waals surface area contributed by atoms with Gasteiger partial charge in [0.25, 0.3) is 0 Å². The number of aryl methyl sites for hydroxylation is 1. The maximum absolute atomic E-state index is 4.68. The third-order valence-electron chi connectivity index (χ3n) is 5.37. The van der Waals surface area contributed by atoms with E-state index in [-0.39, 0.29) is 0 Å². The first kappa shape index (κ1) is 17.1. The molecular weight excluding hydrogens is 322 g/mol. The molecule has 1 aromatic carbocycles. The Labute approximate surface area is 156 Å². The predicted octanol–water partition coefficient (Wildman–Crippen LogP) is 4.51. The van der Waals surface area contributed by atoms with Gasteiger partial charge in [0.1, 0.15) is 17.5 Å². The van der Waals surface area contributed by atoms with Crippen molar-refractivity contribution >= 4 is 23.0 Å². The molecule has 2 aliphatic rings. The van der Waals surface area contributed by atoms with Gasteiger partial charge in [0, 0.05) is 43.6 Å². The normalized spacial score (nSPS) is 18.0. The third kappa shape index (κ3) is 4.09. The first-order valence-electron chi connectivity index (χ1n) is 10.0. The minimum absolute atomic E-state index is 0.822. The predicted molar refractivity (Wildman–Crippen MR) is 109 cm³/mol. The molecule has 0 bridgehead atoms. The number of benzene rings is 1. The van der Waals surface area contributed by atoms with E-state index in [2.05, 4.69) is 55.4 Å². The van der Waals surface area contributed by atoms with Crippen molar-refractivity contribution in [2.45, 2.75) is 45.4 Å². The van der Waals surface area contributed by atoms with E-state index in [4.69, 9.17) is 0 Å². The third-order valence-corrected chi connectivity index (χ3v) is 5.37. The van der Waals surface area contributed by atoms with Crippen LogP contribution in [0.1, 0.15) is 44.3 Å². The van der Waals surface area contributed by atoms with Crippen LogP contribution in [0.15, 0.2) is 30.3 Å². The lowest BCUT2D eigenvalue weighted by Gasteiger charge is -2.22. The van der Waals surface area contributed by atoms with Crippen LogP contribution in [0.25, 0.3) is 0 Å². The van der Waals surface area contributed by atoms with Crippen LogP contribution in [0, 0.1) is 6.92 Å². The highest BCUT2D eigenvalue weighted by molar-refractivity contribution is 5.63. The molecule has 4 rings (SSSR count). The fourth-order valence-electron chi connectivity index (χ4n) is 3.96. The molecule has 0 saturated carbocycles. The molecule has 0 radical (unpaired) electrons. The van der Waals surface area contributed by atoms with Crippen LogP contribution in [0.2, 0.25) is 0 Å². The number of nitrogens with one attached hydrogen (secondary N) is 1. The van der Waals surface area contributed by atoms with E-state index in [1.54, 1.807) is 0 Å². The Bertz CT molecular complexity index is 714. The Morgan fingerprint density at radius 1 is 0.769 bits per heavy atom. The molecule has 3 heterocycles. The summed E-state index contributed by atoms with van der Waals surface area (Å²) in [5.74, 6) is 2.75. The lowest BCUT2D eigenvalue weighted by Crippen LogP contribution is -2.25. The van der Waals surface area contributed by atoms with Gasteiger partial charge in [-0.2, -0.15) is 0 Å². The molecule has 2 fully saturated rings. The van der Waals surface area contributed by atoms with E-state index in [1.807, 2.05) is 6.92 Å². The zero-order chi connectivity index (χ0) is 17.8. The van der Waals surface area contributed by atoms with Gasteiger partial charge in [-0.25, -0.2) is 9.97 Å². The van der Waals surface area contributed by atoms with Crippen molar-refractivity contribution in [3.63, 3.8) is 0 Å². The Morgan fingerprint density at radius 2 is 1.38 bits per heavy atom. The summed E-state index contributed by atoms with van der Waals surface area (Å²) in [6.45, 7) is 6.53. The molecule has 138 valence electrons. The molecule has 5 heteroatoms. The first-order valence-corrected chi connectivity index (χ1v) is 10.0. The molecule has 2 aliphatic heterocycles. The highest BCUT2D eigenvalue weighted by Crippen LogP contribution is 2.25. The van der Waals surface area contributed by atoms with Crippen molar-refractivity contribution in [3.8, 4) is 0 Å². The Balaban J connectivity index is 1.48. The van der Waals surface area contributed by atoms with Gasteiger partial charge in [-0.15, -0.1) is 0 Å². The summed E-state index contributed by atoms with van der Waals surface area (Å²) in [5, 5.41) is 3.46. The minimum Gasteiger partial charge on any atom is -0.372 e. The Hall–Kier alpha value is -2.30. The van der Waals surface area contributed by atoms with Crippen LogP contribution in [0.4, 0.5) is 23.0 Å². The topological polar surface area (TPSA) is 44.3 Å². The highest BCUT2D eigenvalue weighted by atomic mass is 15.2. The average Bonchev–Trinajstić information content (AvgIpc) is 3.04. The van der Waals surface area contributed by atoms with Crippen molar-refractivity contribution in [2.75, 3.05) is 41.3 Å². The highest BCUT2D eigenvalue weighted by Gasteiger charge is 2.14. The molecule has 0 unspecified atom stereocenters. The van der Waals surface area contributed by atoms with Gasteiger partial charge in [0.05, 0.1) is 0 Å². The molecule has 26 heavy (non-hydrogen) atoms. The summed E-state index contributed by atoms with van der Waals surface area (Å²) in [5.41, 5.74) is 2.39. The maximum atomic E-state index is 4.68. The summed E-state index contributed by atoms with van der Waals surface area (Å²) in [6.07, 6.45) is 7.77. The van der Waals surface area contributed by atoms with E-state index in [0.717, 1.165) is 36.2 Å². The van der Waals surface area contributed by atoms with Crippen LogP contribution in [0.3, 0.4) is 0 Å². The quantitative estimate of drug-likeness (QED) is 0.878. The summed E-state index contributed by atoms with van der Waals surface area (Å²) in [6, 6.07) is 10.8. The molecule has 0 amide bonds. The lowest BCUT2D eigenvalue weighted by molar-refractivity contribution is 0.726. The number of anilines is 4. The van der Waals surface area contributed by atoms with Crippen molar-refractivity contribution in [3.05, 3.63) is 36.2 Å². The zero-order valence-corrected chi connectivity index (χ0v) is 15.7. The molecule has 2 saturated heterocycles. The number of hydrogen-bond acceptors (Lipinski definition) is 5. The second-order valence-corrected chi connectivity index (χ2v) is 7.43. The fourth-order valence-corrected chi connectivity index (χ4v) is 3.96. The van der Waals surface area contributed by atoms with Crippen molar-refractivity contribution in [2.24, 2.45) is 0 Å². The van der Waals surface area contributed by atoms with E-state index >= 15 is 0 Å².